The number of carbonyl (C=O) groups is 1. The third-order valence-corrected chi connectivity index (χ3v) is 5.43. The fraction of sp³-hybridized carbons (Fsp3) is 0.133. The van der Waals surface area contributed by atoms with Gasteiger partial charge >= 0.3 is 0 Å². The Balaban J connectivity index is 1.99. The summed E-state index contributed by atoms with van der Waals surface area (Å²) in [5.74, 6) is -1.29. The van der Waals surface area contributed by atoms with Gasteiger partial charge in [-0.25, -0.2) is 12.8 Å². The Bertz CT molecular complexity index is 823. The molecule has 1 N–H and O–H groups in total. The van der Waals surface area contributed by atoms with Gasteiger partial charge in [0.2, 0.25) is 5.91 Å². The molecule has 0 aromatic heterocycles. The van der Waals surface area contributed by atoms with Gasteiger partial charge in [-0.3, -0.25) is 4.79 Å². The lowest BCUT2D eigenvalue weighted by atomic mass is 10.3. The summed E-state index contributed by atoms with van der Waals surface area (Å²) in [6.45, 7) is 0. The zero-order valence-electron chi connectivity index (χ0n) is 11.7. The molecular weight excluding hydrogens is 364 g/mol. The van der Waals surface area contributed by atoms with Gasteiger partial charge in [0, 0.05) is 12.1 Å². The van der Waals surface area contributed by atoms with Crippen LogP contribution in [0.4, 0.5) is 10.1 Å². The summed E-state index contributed by atoms with van der Waals surface area (Å²) in [5, 5.41) is 2.87. The highest BCUT2D eigenvalue weighted by Gasteiger charge is 2.17. The number of nitrogens with one attached hydrogen (secondary N) is 1. The second kappa shape index (κ2) is 7.29. The Morgan fingerprint density at radius 2 is 1.70 bits per heavy atom. The van der Waals surface area contributed by atoms with Crippen LogP contribution in [0.5, 0.6) is 0 Å². The van der Waals surface area contributed by atoms with E-state index in [0.717, 1.165) is 0 Å². The van der Waals surface area contributed by atoms with Crippen molar-refractivity contribution in [2.24, 2.45) is 0 Å². The molecule has 0 aliphatic carbocycles. The van der Waals surface area contributed by atoms with E-state index in [4.69, 9.17) is 23.2 Å². The van der Waals surface area contributed by atoms with Gasteiger partial charge in [0.25, 0.3) is 0 Å². The SMILES string of the molecule is O=C(CCS(=O)(=O)c1ccc(Cl)c(Cl)c1)Nc1ccc(F)cc1. The van der Waals surface area contributed by atoms with E-state index in [9.17, 15) is 17.6 Å². The maximum Gasteiger partial charge on any atom is 0.225 e. The van der Waals surface area contributed by atoms with E-state index in [1.807, 2.05) is 0 Å². The van der Waals surface area contributed by atoms with Crippen molar-refractivity contribution in [1.82, 2.24) is 0 Å². The van der Waals surface area contributed by atoms with Crippen molar-refractivity contribution >= 4 is 44.6 Å². The van der Waals surface area contributed by atoms with Crippen LogP contribution < -0.4 is 5.32 Å². The number of hydrogen-bond donors (Lipinski definition) is 1. The molecule has 0 heterocycles. The Morgan fingerprint density at radius 1 is 1.04 bits per heavy atom. The van der Waals surface area contributed by atoms with E-state index in [2.05, 4.69) is 5.32 Å². The molecular formula is C15H12Cl2FNO3S. The minimum absolute atomic E-state index is 0.00137. The summed E-state index contributed by atoms with van der Waals surface area (Å²) < 4.78 is 37.1. The normalized spacial score (nSPS) is 11.3. The molecule has 122 valence electrons. The highest BCUT2D eigenvalue weighted by molar-refractivity contribution is 7.91. The summed E-state index contributed by atoms with van der Waals surface area (Å²) in [6.07, 6.45) is -0.236. The van der Waals surface area contributed by atoms with Crippen LogP contribution in [0.25, 0.3) is 0 Å². The van der Waals surface area contributed by atoms with Crippen molar-refractivity contribution in [2.75, 3.05) is 11.1 Å². The molecule has 2 rings (SSSR count). The first-order valence-corrected chi connectivity index (χ1v) is 8.92. The van der Waals surface area contributed by atoms with Crippen molar-refractivity contribution in [2.45, 2.75) is 11.3 Å². The molecule has 0 unspecified atom stereocenters. The fourth-order valence-electron chi connectivity index (χ4n) is 1.77. The van der Waals surface area contributed by atoms with Gasteiger partial charge < -0.3 is 5.32 Å². The lowest BCUT2D eigenvalue weighted by Crippen LogP contribution is -2.17. The van der Waals surface area contributed by atoms with Gasteiger partial charge in [0.05, 0.1) is 20.7 Å². The highest BCUT2D eigenvalue weighted by atomic mass is 35.5. The third kappa shape index (κ3) is 4.92. The second-order valence-electron chi connectivity index (χ2n) is 4.70. The van der Waals surface area contributed by atoms with Crippen molar-refractivity contribution in [3.05, 3.63) is 58.3 Å². The minimum atomic E-state index is -3.66. The molecule has 4 nitrogen and oxygen atoms in total. The first-order chi connectivity index (χ1) is 10.8. The van der Waals surface area contributed by atoms with Crippen molar-refractivity contribution in [3.8, 4) is 0 Å². The summed E-state index contributed by atoms with van der Waals surface area (Å²) in [6, 6.07) is 9.14. The summed E-state index contributed by atoms with van der Waals surface area (Å²) in [7, 11) is -3.66. The minimum Gasteiger partial charge on any atom is -0.326 e. The molecule has 1 amide bonds. The van der Waals surface area contributed by atoms with Crippen LogP contribution in [0.2, 0.25) is 10.0 Å². The molecule has 2 aromatic rings. The molecule has 0 radical (unpaired) electrons. The summed E-state index contributed by atoms with van der Waals surface area (Å²) in [4.78, 5) is 11.8. The average molecular weight is 376 g/mol. The van der Waals surface area contributed by atoms with Crippen LogP contribution in [-0.2, 0) is 14.6 Å². The first-order valence-electron chi connectivity index (χ1n) is 6.51. The fourth-order valence-corrected chi connectivity index (χ4v) is 3.40. The number of hydrogen-bond acceptors (Lipinski definition) is 3. The monoisotopic (exact) mass is 375 g/mol. The van der Waals surface area contributed by atoms with Gasteiger partial charge in [-0.15, -0.1) is 0 Å². The molecule has 0 aliphatic heterocycles. The molecule has 23 heavy (non-hydrogen) atoms. The molecule has 0 aliphatic rings. The molecule has 2 aromatic carbocycles. The van der Waals surface area contributed by atoms with Crippen molar-refractivity contribution in [3.63, 3.8) is 0 Å². The van der Waals surface area contributed by atoms with E-state index in [1.54, 1.807) is 0 Å². The second-order valence-corrected chi connectivity index (χ2v) is 7.62. The van der Waals surface area contributed by atoms with Crippen LogP contribution in [0.1, 0.15) is 6.42 Å². The Labute approximate surface area is 143 Å². The van der Waals surface area contributed by atoms with E-state index in [-0.39, 0.29) is 27.1 Å². The Kier molecular flexibility index (Phi) is 5.62. The largest absolute Gasteiger partial charge is 0.326 e. The van der Waals surface area contributed by atoms with E-state index < -0.39 is 21.6 Å². The van der Waals surface area contributed by atoms with Crippen molar-refractivity contribution in [1.29, 1.82) is 0 Å². The molecule has 0 spiro atoms. The quantitative estimate of drug-likeness (QED) is 0.860. The molecule has 0 fully saturated rings. The predicted octanol–water partition coefficient (Wildman–Crippen LogP) is 3.94. The Hall–Kier alpha value is -1.63. The molecule has 8 heteroatoms. The number of benzene rings is 2. The lowest BCUT2D eigenvalue weighted by molar-refractivity contribution is -0.115. The van der Waals surface area contributed by atoms with Crippen LogP contribution >= 0.6 is 23.2 Å². The maximum atomic E-state index is 12.8. The van der Waals surface area contributed by atoms with Gasteiger partial charge in [-0.2, -0.15) is 0 Å². The third-order valence-electron chi connectivity index (χ3n) is 2.98. The topological polar surface area (TPSA) is 63.2 Å². The first kappa shape index (κ1) is 17.7. The summed E-state index contributed by atoms with van der Waals surface area (Å²) in [5.41, 5.74) is 0.392. The van der Waals surface area contributed by atoms with Gasteiger partial charge in [-0.1, -0.05) is 23.2 Å². The van der Waals surface area contributed by atoms with Gasteiger partial charge in [-0.05, 0) is 42.5 Å². The Morgan fingerprint density at radius 3 is 2.30 bits per heavy atom. The zero-order chi connectivity index (χ0) is 17.0. The highest BCUT2D eigenvalue weighted by Crippen LogP contribution is 2.25. The van der Waals surface area contributed by atoms with Gasteiger partial charge in [0.15, 0.2) is 9.84 Å². The lowest BCUT2D eigenvalue weighted by Gasteiger charge is -2.07. The predicted molar refractivity (Wildman–Crippen MR) is 88.2 cm³/mol. The molecule has 0 saturated heterocycles. The number of amides is 1. The molecule has 0 saturated carbocycles. The number of anilines is 1. The maximum absolute atomic E-state index is 12.8. The number of carbonyl (C=O) groups excluding carboxylic acids is 1. The van der Waals surface area contributed by atoms with Gasteiger partial charge in [0.1, 0.15) is 5.82 Å². The number of rotatable bonds is 5. The van der Waals surface area contributed by atoms with Crippen LogP contribution in [0.3, 0.4) is 0 Å². The summed E-state index contributed by atoms with van der Waals surface area (Å²) >= 11 is 11.5. The van der Waals surface area contributed by atoms with E-state index >= 15 is 0 Å². The number of halogens is 3. The van der Waals surface area contributed by atoms with E-state index in [0.29, 0.717) is 5.69 Å². The molecule has 0 atom stereocenters. The van der Waals surface area contributed by atoms with E-state index in [1.165, 1.54) is 42.5 Å². The van der Waals surface area contributed by atoms with Crippen LogP contribution in [0.15, 0.2) is 47.4 Å². The average Bonchev–Trinajstić information content (AvgIpc) is 2.50. The van der Waals surface area contributed by atoms with Crippen molar-refractivity contribution < 1.29 is 17.6 Å². The van der Waals surface area contributed by atoms with Crippen LogP contribution in [-0.4, -0.2) is 20.1 Å². The number of sulfone groups is 1. The van der Waals surface area contributed by atoms with Crippen LogP contribution in [0, 0.1) is 5.82 Å². The zero-order valence-corrected chi connectivity index (χ0v) is 14.1. The standard InChI is InChI=1S/C15H12Cl2FNO3S/c16-13-6-5-12(9-14(13)17)23(21,22)8-7-15(20)19-11-3-1-10(18)2-4-11/h1-6,9H,7-8H2,(H,19,20). The molecule has 0 bridgehead atoms. The smallest absolute Gasteiger partial charge is 0.225 e.